The Balaban J connectivity index is 1.30. The highest BCUT2D eigenvalue weighted by Crippen LogP contribution is 2.16. The van der Waals surface area contributed by atoms with Crippen LogP contribution >= 0.6 is 0 Å². The molecule has 1 aromatic carbocycles. The Morgan fingerprint density at radius 3 is 2.88 bits per heavy atom. The van der Waals surface area contributed by atoms with Crippen molar-refractivity contribution in [1.82, 2.24) is 35.4 Å². The smallest absolute Gasteiger partial charge is 0.227 e. The summed E-state index contributed by atoms with van der Waals surface area (Å²) in [7, 11) is 0. The first kappa shape index (κ1) is 15.1. The van der Waals surface area contributed by atoms with Gasteiger partial charge in [0, 0.05) is 18.5 Å². The van der Waals surface area contributed by atoms with E-state index in [2.05, 4.69) is 36.1 Å². The quantitative estimate of drug-likeness (QED) is 0.529. The number of nitrogens with zero attached hydrogens (tertiary/aromatic N) is 7. The van der Waals surface area contributed by atoms with Crippen LogP contribution in [0.4, 0.5) is 10.2 Å². The Hall–Kier alpha value is -3.43. The fourth-order valence-electron chi connectivity index (χ4n) is 2.27. The molecule has 10 heteroatoms. The topological polar surface area (TPSA) is 107 Å². The molecule has 1 N–H and O–H groups in total. The standard InChI is InChI=1S/C15H13FN8O/c16-11-5-3-10(4-6-11)15-18-14(25-21-15)2-1-9-17-12-7-8-13-19-22-23-24(13)20-12/h3-8H,1-2,9H2,(H,17,20). The lowest BCUT2D eigenvalue weighted by Crippen LogP contribution is -2.07. The van der Waals surface area contributed by atoms with Crippen molar-refractivity contribution in [3.63, 3.8) is 0 Å². The molecule has 0 radical (unpaired) electrons. The van der Waals surface area contributed by atoms with E-state index in [9.17, 15) is 4.39 Å². The SMILES string of the molecule is Fc1ccc(-c2noc(CCCNc3ccc4nnnn4n3)n2)cc1. The fourth-order valence-corrected chi connectivity index (χ4v) is 2.27. The highest BCUT2D eigenvalue weighted by atomic mass is 19.1. The zero-order valence-electron chi connectivity index (χ0n) is 13.0. The number of aromatic nitrogens is 7. The summed E-state index contributed by atoms with van der Waals surface area (Å²) >= 11 is 0. The van der Waals surface area contributed by atoms with Gasteiger partial charge in [-0.15, -0.1) is 14.8 Å². The van der Waals surface area contributed by atoms with Crippen LogP contribution in [0.1, 0.15) is 12.3 Å². The van der Waals surface area contributed by atoms with Crippen LogP contribution < -0.4 is 5.32 Å². The molecule has 3 aromatic heterocycles. The number of tetrazole rings is 1. The first-order valence-electron chi connectivity index (χ1n) is 7.66. The summed E-state index contributed by atoms with van der Waals surface area (Å²) in [5.41, 5.74) is 1.30. The summed E-state index contributed by atoms with van der Waals surface area (Å²) < 4.78 is 19.5. The second-order valence-corrected chi connectivity index (χ2v) is 5.29. The molecule has 0 amide bonds. The Morgan fingerprint density at radius 2 is 2.00 bits per heavy atom. The van der Waals surface area contributed by atoms with Gasteiger partial charge in [0.25, 0.3) is 0 Å². The number of fused-ring (bicyclic) bond motifs is 1. The number of hydrogen-bond donors (Lipinski definition) is 1. The number of benzene rings is 1. The molecule has 4 rings (SSSR count). The summed E-state index contributed by atoms with van der Waals surface area (Å²) in [6.45, 7) is 0.675. The summed E-state index contributed by atoms with van der Waals surface area (Å²) in [6.07, 6.45) is 1.40. The van der Waals surface area contributed by atoms with Gasteiger partial charge in [-0.25, -0.2) is 4.39 Å². The van der Waals surface area contributed by atoms with Crippen molar-refractivity contribution in [1.29, 1.82) is 0 Å². The van der Waals surface area contributed by atoms with Gasteiger partial charge >= 0.3 is 0 Å². The van der Waals surface area contributed by atoms with Gasteiger partial charge in [0.15, 0.2) is 5.65 Å². The van der Waals surface area contributed by atoms with Crippen LogP contribution in [0.3, 0.4) is 0 Å². The molecule has 9 nitrogen and oxygen atoms in total. The van der Waals surface area contributed by atoms with Crippen LogP contribution in [0.5, 0.6) is 0 Å². The summed E-state index contributed by atoms with van der Waals surface area (Å²) in [5.74, 6) is 1.36. The van der Waals surface area contributed by atoms with Crippen molar-refractivity contribution >= 4 is 11.5 Å². The van der Waals surface area contributed by atoms with Crippen molar-refractivity contribution in [3.8, 4) is 11.4 Å². The molecule has 0 saturated carbocycles. The van der Waals surface area contributed by atoms with Gasteiger partial charge in [0.2, 0.25) is 11.7 Å². The third kappa shape index (κ3) is 3.42. The number of nitrogens with one attached hydrogen (secondary N) is 1. The second kappa shape index (κ2) is 6.59. The summed E-state index contributed by atoms with van der Waals surface area (Å²) in [6, 6.07) is 9.56. The lowest BCUT2D eigenvalue weighted by Gasteiger charge is -2.03. The maximum atomic E-state index is 12.9. The van der Waals surface area contributed by atoms with Gasteiger partial charge < -0.3 is 9.84 Å². The van der Waals surface area contributed by atoms with Gasteiger partial charge in [-0.05, 0) is 53.2 Å². The molecule has 0 bridgehead atoms. The van der Waals surface area contributed by atoms with Crippen molar-refractivity contribution in [2.24, 2.45) is 0 Å². The number of halogens is 1. The average Bonchev–Trinajstić information content (AvgIpc) is 3.28. The maximum absolute atomic E-state index is 12.9. The molecular weight excluding hydrogens is 327 g/mol. The predicted molar refractivity (Wildman–Crippen MR) is 85.1 cm³/mol. The molecule has 4 aromatic rings. The largest absolute Gasteiger partial charge is 0.369 e. The van der Waals surface area contributed by atoms with E-state index in [0.29, 0.717) is 41.7 Å². The van der Waals surface area contributed by atoms with Gasteiger partial charge in [-0.1, -0.05) is 5.16 Å². The maximum Gasteiger partial charge on any atom is 0.227 e. The minimum atomic E-state index is -0.299. The average molecular weight is 340 g/mol. The minimum Gasteiger partial charge on any atom is -0.369 e. The van der Waals surface area contributed by atoms with Crippen molar-refractivity contribution in [2.75, 3.05) is 11.9 Å². The highest BCUT2D eigenvalue weighted by Gasteiger charge is 2.08. The van der Waals surface area contributed by atoms with Crippen molar-refractivity contribution in [2.45, 2.75) is 12.8 Å². The number of anilines is 1. The lowest BCUT2D eigenvalue weighted by atomic mass is 10.2. The van der Waals surface area contributed by atoms with Crippen LogP contribution in [0, 0.1) is 5.82 Å². The first-order chi connectivity index (χ1) is 12.3. The van der Waals surface area contributed by atoms with E-state index >= 15 is 0 Å². The Labute approximate surface area is 140 Å². The number of aryl methyl sites for hydroxylation is 1. The molecule has 3 heterocycles. The fraction of sp³-hybridized carbons (Fsp3) is 0.200. The van der Waals surface area contributed by atoms with E-state index in [4.69, 9.17) is 4.52 Å². The number of hydrogen-bond acceptors (Lipinski definition) is 8. The molecule has 0 aliphatic carbocycles. The normalized spacial score (nSPS) is 11.1. The minimum absolute atomic E-state index is 0.299. The molecular formula is C15H13FN8O. The molecule has 0 aliphatic rings. The Bertz CT molecular complexity index is 981. The van der Waals surface area contributed by atoms with Gasteiger partial charge in [-0.2, -0.15) is 4.98 Å². The van der Waals surface area contributed by atoms with E-state index in [0.717, 1.165) is 6.42 Å². The monoisotopic (exact) mass is 340 g/mol. The number of rotatable bonds is 6. The first-order valence-corrected chi connectivity index (χ1v) is 7.66. The summed E-state index contributed by atoms with van der Waals surface area (Å²) in [4.78, 5) is 4.31. The van der Waals surface area contributed by atoms with Crippen molar-refractivity contribution < 1.29 is 8.91 Å². The Morgan fingerprint density at radius 1 is 1.12 bits per heavy atom. The van der Waals surface area contributed by atoms with E-state index in [1.807, 2.05) is 6.07 Å². The molecule has 0 spiro atoms. The third-order valence-corrected chi connectivity index (χ3v) is 3.51. The summed E-state index contributed by atoms with van der Waals surface area (Å²) in [5, 5.41) is 22.4. The molecule has 0 aliphatic heterocycles. The van der Waals surface area contributed by atoms with Crippen molar-refractivity contribution in [3.05, 3.63) is 48.1 Å². The van der Waals surface area contributed by atoms with Crippen LogP contribution in [0.25, 0.3) is 17.0 Å². The zero-order chi connectivity index (χ0) is 17.1. The van der Waals surface area contributed by atoms with E-state index in [1.54, 1.807) is 18.2 Å². The zero-order valence-corrected chi connectivity index (χ0v) is 13.0. The van der Waals surface area contributed by atoms with E-state index in [-0.39, 0.29) is 5.82 Å². The molecule has 0 atom stereocenters. The Kier molecular flexibility index (Phi) is 3.99. The molecule has 0 unspecified atom stereocenters. The molecule has 0 saturated heterocycles. The van der Waals surface area contributed by atoms with Crippen LogP contribution in [0.15, 0.2) is 40.9 Å². The highest BCUT2D eigenvalue weighted by molar-refractivity contribution is 5.53. The third-order valence-electron chi connectivity index (χ3n) is 3.51. The molecule has 0 fully saturated rings. The molecule has 126 valence electrons. The van der Waals surface area contributed by atoms with Gasteiger partial charge in [0.05, 0.1) is 0 Å². The predicted octanol–water partition coefficient (Wildman–Crippen LogP) is 1.75. The van der Waals surface area contributed by atoms with E-state index in [1.165, 1.54) is 16.8 Å². The van der Waals surface area contributed by atoms with Crippen LogP contribution in [0.2, 0.25) is 0 Å². The van der Waals surface area contributed by atoms with Gasteiger partial charge in [0.1, 0.15) is 11.6 Å². The second-order valence-electron chi connectivity index (χ2n) is 5.29. The van der Waals surface area contributed by atoms with Gasteiger partial charge in [-0.3, -0.25) is 0 Å². The lowest BCUT2D eigenvalue weighted by molar-refractivity contribution is 0.377. The molecule has 25 heavy (non-hydrogen) atoms. The van der Waals surface area contributed by atoms with Crippen LogP contribution in [-0.4, -0.2) is 41.9 Å². The van der Waals surface area contributed by atoms with E-state index < -0.39 is 0 Å². The van der Waals surface area contributed by atoms with Crippen LogP contribution in [-0.2, 0) is 6.42 Å².